The summed E-state index contributed by atoms with van der Waals surface area (Å²) in [5.74, 6) is -2.42. The van der Waals surface area contributed by atoms with Crippen molar-refractivity contribution in [2.75, 3.05) is 47.5 Å². The fourth-order valence-electron chi connectivity index (χ4n) is 6.86. The number of carboxylic acid groups (broad SMARTS) is 1. The first-order valence-electron chi connectivity index (χ1n) is 28.0. The number of unbranched alkanes of at least 4 members (excludes halogenated alkanes) is 10. The summed E-state index contributed by atoms with van der Waals surface area (Å²) in [5.41, 5.74) is 0. The number of quaternary nitrogens is 1. The third-order valence-corrected chi connectivity index (χ3v) is 11.1. The molecule has 0 N–H and O–H groups in total. The molecule has 0 fully saturated rings. The number of rotatable bonds is 49. The number of allylic oxidation sites excluding steroid dienone is 24. The normalized spacial score (nSPS) is 13.9. The lowest BCUT2D eigenvalue weighted by Gasteiger charge is -2.26. The highest BCUT2D eigenvalue weighted by molar-refractivity contribution is 5.70. The molecule has 2 unspecified atom stereocenters. The van der Waals surface area contributed by atoms with E-state index in [1.54, 1.807) is 0 Å². The molecule has 0 aliphatic rings. The van der Waals surface area contributed by atoms with E-state index in [1.165, 1.54) is 38.5 Å². The van der Waals surface area contributed by atoms with Crippen LogP contribution in [0.25, 0.3) is 0 Å². The molecule has 9 heteroatoms. The van der Waals surface area contributed by atoms with Crippen LogP contribution in [0.3, 0.4) is 0 Å². The second-order valence-corrected chi connectivity index (χ2v) is 19.1. The van der Waals surface area contributed by atoms with Crippen molar-refractivity contribution in [1.29, 1.82) is 0 Å². The highest BCUT2D eigenvalue weighted by Gasteiger charge is 2.21. The first-order chi connectivity index (χ1) is 35.6. The maximum atomic E-state index is 12.8. The lowest BCUT2D eigenvalue weighted by atomic mass is 10.0. The van der Waals surface area contributed by atoms with E-state index in [0.29, 0.717) is 23.9 Å². The van der Waals surface area contributed by atoms with Gasteiger partial charge in [0.2, 0.25) is 0 Å². The molecular formula is C64H101NO8. The summed E-state index contributed by atoms with van der Waals surface area (Å²) in [6.07, 6.45) is 74.9. The molecule has 2 atom stereocenters. The third-order valence-electron chi connectivity index (χ3n) is 11.1. The van der Waals surface area contributed by atoms with E-state index in [9.17, 15) is 19.5 Å². The average molecular weight is 1010 g/mol. The van der Waals surface area contributed by atoms with Crippen LogP contribution < -0.4 is 5.11 Å². The fraction of sp³-hybridized carbons (Fsp3) is 0.578. The molecule has 0 aromatic rings. The first-order valence-corrected chi connectivity index (χ1v) is 28.0. The number of hydrogen-bond acceptors (Lipinski definition) is 8. The molecule has 0 heterocycles. The predicted octanol–water partition coefficient (Wildman–Crippen LogP) is 15.1. The van der Waals surface area contributed by atoms with Gasteiger partial charge in [-0.05, 0) is 103 Å². The zero-order valence-corrected chi connectivity index (χ0v) is 46.4. The molecule has 0 aliphatic heterocycles. The standard InChI is InChI=1S/C64H101NO8/c1-6-8-10-12-14-16-18-20-21-22-23-24-25-26-27-28-29-30-31-32-33-34-35-36-37-38-39-40-41-43-45-47-49-51-53-55-62(67)73-60(59-72-64(63(68)69)70-57-56-65(3,4)5)58-71-61(66)54-52-50-48-46-44-42-19-17-15-13-11-9-7-2/h8-11,14-17,20-21,23-24,26-27,29-30,32-33,35-36,42,44,48,50,60,64H,6-7,12-13,18-19,22,25,28,31,34,37-41,43,45-47,49,51-59H2,1-5H3/b10-8-,11-9-,16-14-,17-15-,21-20-,24-23-,27-26-,30-29-,33-32-,36-35-,44-42-,50-48-. The van der Waals surface area contributed by atoms with Gasteiger partial charge in [-0.3, -0.25) is 9.59 Å². The van der Waals surface area contributed by atoms with Crippen molar-refractivity contribution in [3.05, 3.63) is 146 Å². The first kappa shape index (κ1) is 68.2. The molecule has 0 aliphatic carbocycles. The summed E-state index contributed by atoms with van der Waals surface area (Å²) in [7, 11) is 5.88. The largest absolute Gasteiger partial charge is 0.545 e. The second-order valence-electron chi connectivity index (χ2n) is 19.1. The van der Waals surface area contributed by atoms with E-state index in [0.717, 1.165) is 103 Å². The zero-order valence-electron chi connectivity index (χ0n) is 46.4. The molecule has 0 aromatic heterocycles. The maximum absolute atomic E-state index is 12.8. The Labute approximate surface area is 445 Å². The zero-order chi connectivity index (χ0) is 53.4. The van der Waals surface area contributed by atoms with Crippen LogP contribution in [-0.4, -0.2) is 82.3 Å². The van der Waals surface area contributed by atoms with Gasteiger partial charge in [0, 0.05) is 12.8 Å². The quantitative estimate of drug-likeness (QED) is 0.0195. The van der Waals surface area contributed by atoms with Crippen LogP contribution in [0.15, 0.2) is 146 Å². The van der Waals surface area contributed by atoms with Gasteiger partial charge in [-0.1, -0.05) is 211 Å². The molecule has 0 radical (unpaired) electrons. The Morgan fingerprint density at radius 3 is 1.15 bits per heavy atom. The Bertz CT molecular complexity index is 1700. The Hall–Kier alpha value is -4.83. The van der Waals surface area contributed by atoms with E-state index in [1.807, 2.05) is 33.3 Å². The van der Waals surface area contributed by atoms with E-state index >= 15 is 0 Å². The Morgan fingerprint density at radius 2 is 0.767 bits per heavy atom. The fourth-order valence-corrected chi connectivity index (χ4v) is 6.86. The molecule has 0 aromatic carbocycles. The van der Waals surface area contributed by atoms with Gasteiger partial charge >= 0.3 is 11.9 Å². The van der Waals surface area contributed by atoms with Gasteiger partial charge in [0.15, 0.2) is 12.4 Å². The van der Waals surface area contributed by atoms with Crippen molar-refractivity contribution in [1.82, 2.24) is 0 Å². The Kier molecular flexibility index (Phi) is 49.9. The van der Waals surface area contributed by atoms with Gasteiger partial charge in [-0.25, -0.2) is 0 Å². The SMILES string of the molecule is CC/C=C\C/C=C\C/C=C\C/C=C\C/C=C\C/C=C\C/C=C\C/C=C\CCCCCCCCCCCCC(=O)OC(COC(=O)CC/C=C\C/C=C\C/C=C\C/C=C\CC)COC(OCC[N+](C)(C)C)C(=O)[O-]. The van der Waals surface area contributed by atoms with Crippen LogP contribution in [0.5, 0.6) is 0 Å². The Morgan fingerprint density at radius 1 is 0.411 bits per heavy atom. The molecule has 410 valence electrons. The number of carbonyl (C=O) groups excluding carboxylic acids is 3. The van der Waals surface area contributed by atoms with Crippen molar-refractivity contribution < 1.29 is 42.9 Å². The van der Waals surface area contributed by atoms with E-state index in [2.05, 4.69) is 148 Å². The highest BCUT2D eigenvalue weighted by atomic mass is 16.7. The van der Waals surface area contributed by atoms with E-state index in [4.69, 9.17) is 18.9 Å². The molecule has 0 spiro atoms. The molecular weight excluding hydrogens is 911 g/mol. The van der Waals surface area contributed by atoms with Crippen LogP contribution >= 0.6 is 0 Å². The van der Waals surface area contributed by atoms with E-state index < -0.39 is 30.3 Å². The summed E-state index contributed by atoms with van der Waals surface area (Å²) in [5, 5.41) is 11.7. The van der Waals surface area contributed by atoms with Crippen molar-refractivity contribution in [2.45, 2.75) is 193 Å². The molecule has 73 heavy (non-hydrogen) atoms. The van der Waals surface area contributed by atoms with Crippen LogP contribution in [-0.2, 0) is 33.3 Å². The summed E-state index contributed by atoms with van der Waals surface area (Å²) >= 11 is 0. The van der Waals surface area contributed by atoms with Gasteiger partial charge in [-0.2, -0.15) is 0 Å². The van der Waals surface area contributed by atoms with Crippen molar-refractivity contribution in [3.63, 3.8) is 0 Å². The average Bonchev–Trinajstić information content (AvgIpc) is 3.36. The lowest BCUT2D eigenvalue weighted by molar-refractivity contribution is -0.870. The van der Waals surface area contributed by atoms with Crippen LogP contribution in [0, 0.1) is 0 Å². The maximum Gasteiger partial charge on any atom is 0.306 e. The smallest absolute Gasteiger partial charge is 0.306 e. The molecule has 0 amide bonds. The minimum atomic E-state index is -1.65. The molecule has 0 rings (SSSR count). The van der Waals surface area contributed by atoms with Crippen molar-refractivity contribution >= 4 is 17.9 Å². The number of esters is 2. The van der Waals surface area contributed by atoms with Crippen LogP contribution in [0.2, 0.25) is 0 Å². The number of hydrogen-bond donors (Lipinski definition) is 0. The second kappa shape index (κ2) is 53.5. The van der Waals surface area contributed by atoms with Gasteiger partial charge < -0.3 is 33.3 Å². The number of carboxylic acids is 1. The summed E-state index contributed by atoms with van der Waals surface area (Å²) < 4.78 is 22.5. The van der Waals surface area contributed by atoms with Gasteiger partial charge in [0.25, 0.3) is 0 Å². The highest BCUT2D eigenvalue weighted by Crippen LogP contribution is 2.14. The summed E-state index contributed by atoms with van der Waals surface area (Å²) in [6, 6.07) is 0. The number of nitrogens with zero attached hydrogens (tertiary/aromatic N) is 1. The number of carbonyl (C=O) groups is 3. The number of ether oxygens (including phenoxy) is 4. The van der Waals surface area contributed by atoms with Gasteiger partial charge in [0.05, 0.1) is 40.3 Å². The Balaban J connectivity index is 4.24. The van der Waals surface area contributed by atoms with Gasteiger partial charge in [0.1, 0.15) is 13.2 Å². The van der Waals surface area contributed by atoms with E-state index in [-0.39, 0.29) is 32.7 Å². The number of aliphatic carboxylic acids is 1. The van der Waals surface area contributed by atoms with Crippen molar-refractivity contribution in [3.8, 4) is 0 Å². The molecule has 0 bridgehead atoms. The molecule has 9 nitrogen and oxygen atoms in total. The monoisotopic (exact) mass is 1010 g/mol. The topological polar surface area (TPSA) is 111 Å². The summed E-state index contributed by atoms with van der Waals surface area (Å²) in [4.78, 5) is 37.1. The molecule has 0 saturated heterocycles. The van der Waals surface area contributed by atoms with Gasteiger partial charge in [-0.15, -0.1) is 0 Å². The minimum absolute atomic E-state index is 0.128. The third kappa shape index (κ3) is 54.8. The van der Waals surface area contributed by atoms with Crippen LogP contribution in [0.4, 0.5) is 0 Å². The van der Waals surface area contributed by atoms with Crippen LogP contribution in [0.1, 0.15) is 181 Å². The predicted molar refractivity (Wildman–Crippen MR) is 306 cm³/mol. The summed E-state index contributed by atoms with van der Waals surface area (Å²) in [6.45, 7) is 4.39. The minimum Gasteiger partial charge on any atom is -0.545 e. The van der Waals surface area contributed by atoms with Crippen molar-refractivity contribution in [2.24, 2.45) is 0 Å². The lowest BCUT2D eigenvalue weighted by Crippen LogP contribution is -2.44. The molecule has 0 saturated carbocycles. The number of likely N-dealkylation sites (N-methyl/N-ethyl adjacent to an activating group) is 1.